The first kappa shape index (κ1) is 16.0. The minimum absolute atomic E-state index is 0. The molecule has 4 nitrogen and oxygen atoms in total. The summed E-state index contributed by atoms with van der Waals surface area (Å²) in [6.07, 6.45) is 1.51. The van der Waals surface area contributed by atoms with Gasteiger partial charge in [0.25, 0.3) is 0 Å². The van der Waals surface area contributed by atoms with Gasteiger partial charge in [0.05, 0.1) is 18.2 Å². The van der Waals surface area contributed by atoms with Crippen molar-refractivity contribution < 1.29 is 9.53 Å². The minimum Gasteiger partial charge on any atom is -0.376 e. The van der Waals surface area contributed by atoms with Gasteiger partial charge >= 0.3 is 0 Å². The molecular weight excluding hydrogens is 264 g/mol. The molecule has 1 aromatic rings. The fourth-order valence-corrected chi connectivity index (χ4v) is 2.17. The van der Waals surface area contributed by atoms with Gasteiger partial charge in [-0.05, 0) is 25.3 Å². The van der Waals surface area contributed by atoms with Crippen molar-refractivity contribution in [1.82, 2.24) is 5.32 Å². The molecule has 0 spiro atoms. The Balaban J connectivity index is 0.00000180. The molecule has 2 unspecified atom stereocenters. The second kappa shape index (κ2) is 7.48. The number of carbonyl (C=O) groups is 1. The molecule has 19 heavy (non-hydrogen) atoms. The number of nitrogens with one attached hydrogen (secondary N) is 1. The lowest BCUT2D eigenvalue weighted by Crippen LogP contribution is -2.48. The Bertz CT molecular complexity index is 400. The van der Waals surface area contributed by atoms with Gasteiger partial charge in [0.2, 0.25) is 5.91 Å². The average Bonchev–Trinajstić information content (AvgIpc) is 2.76. The predicted octanol–water partition coefficient (Wildman–Crippen LogP) is 1.27. The van der Waals surface area contributed by atoms with Crippen LogP contribution in [0.2, 0.25) is 0 Å². The fraction of sp³-hybridized carbons (Fsp3) is 0.500. The van der Waals surface area contributed by atoms with Crippen LogP contribution in [0.1, 0.15) is 18.9 Å². The van der Waals surface area contributed by atoms with Crippen molar-refractivity contribution in [3.05, 3.63) is 35.9 Å². The first-order valence-electron chi connectivity index (χ1n) is 6.38. The topological polar surface area (TPSA) is 64.3 Å². The van der Waals surface area contributed by atoms with Crippen molar-refractivity contribution in [2.75, 3.05) is 6.61 Å². The molecule has 1 amide bonds. The molecule has 3 N–H and O–H groups in total. The Hall–Kier alpha value is -1.10. The van der Waals surface area contributed by atoms with Crippen LogP contribution in [0.4, 0.5) is 0 Å². The third-order valence-electron chi connectivity index (χ3n) is 3.34. The summed E-state index contributed by atoms with van der Waals surface area (Å²) in [5.41, 5.74) is 7.00. The van der Waals surface area contributed by atoms with Gasteiger partial charge in [-0.15, -0.1) is 12.4 Å². The summed E-state index contributed by atoms with van der Waals surface area (Å²) in [5, 5.41) is 2.96. The van der Waals surface area contributed by atoms with Crippen LogP contribution in [0.15, 0.2) is 30.3 Å². The van der Waals surface area contributed by atoms with Crippen LogP contribution in [0.3, 0.4) is 0 Å². The van der Waals surface area contributed by atoms with E-state index in [1.807, 2.05) is 37.3 Å². The van der Waals surface area contributed by atoms with Crippen LogP contribution in [-0.2, 0) is 16.0 Å². The normalized spacial score (nSPS) is 23.5. The van der Waals surface area contributed by atoms with Crippen molar-refractivity contribution >= 4 is 18.3 Å². The Morgan fingerprint density at radius 1 is 1.47 bits per heavy atom. The number of rotatable bonds is 4. The van der Waals surface area contributed by atoms with Crippen LogP contribution in [0.5, 0.6) is 0 Å². The predicted molar refractivity (Wildman–Crippen MR) is 77.3 cm³/mol. The summed E-state index contributed by atoms with van der Waals surface area (Å²) in [6, 6.07) is 9.41. The van der Waals surface area contributed by atoms with Crippen molar-refractivity contribution in [2.24, 2.45) is 5.73 Å². The van der Waals surface area contributed by atoms with Gasteiger partial charge in [0, 0.05) is 6.61 Å². The molecule has 5 heteroatoms. The van der Waals surface area contributed by atoms with Gasteiger partial charge in [0.15, 0.2) is 0 Å². The van der Waals surface area contributed by atoms with E-state index >= 15 is 0 Å². The number of ether oxygens (including phenoxy) is 1. The third-order valence-corrected chi connectivity index (χ3v) is 3.34. The first-order chi connectivity index (χ1) is 8.66. The Morgan fingerprint density at radius 3 is 2.74 bits per heavy atom. The van der Waals surface area contributed by atoms with Crippen LogP contribution in [0, 0.1) is 0 Å². The van der Waals surface area contributed by atoms with Gasteiger partial charge < -0.3 is 15.8 Å². The van der Waals surface area contributed by atoms with Gasteiger partial charge in [-0.2, -0.15) is 0 Å². The molecular formula is C14H21ClN2O2. The van der Waals surface area contributed by atoms with Crippen molar-refractivity contribution in [3.8, 4) is 0 Å². The summed E-state index contributed by atoms with van der Waals surface area (Å²) in [4.78, 5) is 12.0. The van der Waals surface area contributed by atoms with E-state index in [-0.39, 0.29) is 30.5 Å². The zero-order valence-corrected chi connectivity index (χ0v) is 11.9. The summed E-state index contributed by atoms with van der Waals surface area (Å²) < 4.78 is 5.41. The number of amides is 1. The molecule has 1 aliphatic heterocycles. The van der Waals surface area contributed by atoms with Crippen LogP contribution < -0.4 is 11.1 Å². The van der Waals surface area contributed by atoms with E-state index in [1.165, 1.54) is 0 Å². The largest absolute Gasteiger partial charge is 0.376 e. The number of carbonyl (C=O) groups excluding carboxylic acids is 1. The molecule has 0 radical (unpaired) electrons. The molecule has 3 atom stereocenters. The number of hydrogen-bond donors (Lipinski definition) is 2. The molecule has 0 saturated carbocycles. The molecule has 0 bridgehead atoms. The number of hydrogen-bond acceptors (Lipinski definition) is 3. The average molecular weight is 285 g/mol. The van der Waals surface area contributed by atoms with E-state index in [9.17, 15) is 4.79 Å². The maximum atomic E-state index is 12.0. The fourth-order valence-electron chi connectivity index (χ4n) is 2.17. The van der Waals surface area contributed by atoms with E-state index in [4.69, 9.17) is 10.5 Å². The number of benzene rings is 1. The summed E-state index contributed by atoms with van der Waals surface area (Å²) in [5.74, 6) is -0.0961. The lowest BCUT2D eigenvalue weighted by atomic mass is 10.1. The highest BCUT2D eigenvalue weighted by atomic mass is 35.5. The second-order valence-corrected chi connectivity index (χ2v) is 4.78. The molecule has 1 saturated heterocycles. The highest BCUT2D eigenvalue weighted by Gasteiger charge is 2.27. The Labute approximate surface area is 120 Å². The maximum absolute atomic E-state index is 12.0. The quantitative estimate of drug-likeness (QED) is 0.875. The number of nitrogens with two attached hydrogens (primary N) is 1. The van der Waals surface area contributed by atoms with E-state index in [1.54, 1.807) is 0 Å². The number of halogens is 1. The SMILES string of the molecule is CC1OCCC1NC(=O)[C@@H](N)Cc1ccccc1.Cl. The molecule has 1 heterocycles. The molecule has 2 rings (SSSR count). The Kier molecular flexibility index (Phi) is 6.28. The monoisotopic (exact) mass is 284 g/mol. The highest BCUT2D eigenvalue weighted by Crippen LogP contribution is 2.12. The molecule has 1 aliphatic rings. The van der Waals surface area contributed by atoms with Gasteiger partial charge in [-0.25, -0.2) is 0 Å². The zero-order chi connectivity index (χ0) is 13.0. The van der Waals surface area contributed by atoms with Crippen LogP contribution in [-0.4, -0.2) is 30.7 Å². The van der Waals surface area contributed by atoms with Crippen molar-refractivity contribution in [1.29, 1.82) is 0 Å². The van der Waals surface area contributed by atoms with Gasteiger partial charge in [0.1, 0.15) is 0 Å². The van der Waals surface area contributed by atoms with Gasteiger partial charge in [-0.3, -0.25) is 4.79 Å². The molecule has 1 fully saturated rings. The molecule has 106 valence electrons. The Morgan fingerprint density at radius 2 is 2.16 bits per heavy atom. The molecule has 1 aromatic carbocycles. The smallest absolute Gasteiger partial charge is 0.237 e. The summed E-state index contributed by atoms with van der Waals surface area (Å²) >= 11 is 0. The van der Waals surface area contributed by atoms with Crippen LogP contribution >= 0.6 is 12.4 Å². The van der Waals surface area contributed by atoms with E-state index in [0.29, 0.717) is 13.0 Å². The zero-order valence-electron chi connectivity index (χ0n) is 11.0. The highest BCUT2D eigenvalue weighted by molar-refractivity contribution is 5.85. The lowest BCUT2D eigenvalue weighted by Gasteiger charge is -2.19. The van der Waals surface area contributed by atoms with Crippen molar-refractivity contribution in [2.45, 2.75) is 38.0 Å². The standard InChI is InChI=1S/C14H20N2O2.ClH/c1-10-13(7-8-18-10)16-14(17)12(15)9-11-5-3-2-4-6-11;/h2-6,10,12-13H,7-9,15H2,1H3,(H,16,17);1H/t10?,12-,13?;/m0./s1. The third kappa shape index (κ3) is 4.49. The van der Waals surface area contributed by atoms with Gasteiger partial charge in [-0.1, -0.05) is 30.3 Å². The molecule has 0 aliphatic carbocycles. The first-order valence-corrected chi connectivity index (χ1v) is 6.38. The summed E-state index contributed by atoms with van der Waals surface area (Å²) in [6.45, 7) is 2.68. The summed E-state index contributed by atoms with van der Waals surface area (Å²) in [7, 11) is 0. The van der Waals surface area contributed by atoms with Crippen molar-refractivity contribution in [3.63, 3.8) is 0 Å². The molecule has 0 aromatic heterocycles. The van der Waals surface area contributed by atoms with E-state index in [2.05, 4.69) is 5.32 Å². The second-order valence-electron chi connectivity index (χ2n) is 4.78. The lowest BCUT2D eigenvalue weighted by molar-refractivity contribution is -0.123. The minimum atomic E-state index is -0.500. The van der Waals surface area contributed by atoms with E-state index in [0.717, 1.165) is 12.0 Å². The van der Waals surface area contributed by atoms with Crippen LogP contribution in [0.25, 0.3) is 0 Å². The van der Waals surface area contributed by atoms with E-state index < -0.39 is 6.04 Å². The maximum Gasteiger partial charge on any atom is 0.237 e.